The molecular formula is C8H17NOS. The highest BCUT2D eigenvalue weighted by atomic mass is 32.2. The van der Waals surface area contributed by atoms with Crippen molar-refractivity contribution in [1.82, 2.24) is 4.31 Å². The van der Waals surface area contributed by atoms with Gasteiger partial charge in [0.25, 0.3) is 0 Å². The van der Waals surface area contributed by atoms with Crippen LogP contribution < -0.4 is 0 Å². The van der Waals surface area contributed by atoms with Crippen molar-refractivity contribution in [3.63, 3.8) is 0 Å². The molecule has 0 aromatic heterocycles. The summed E-state index contributed by atoms with van der Waals surface area (Å²) in [7, 11) is 0. The van der Waals surface area contributed by atoms with Gasteiger partial charge in [-0.05, 0) is 31.9 Å². The Hall–Kier alpha value is 0.270. The van der Waals surface area contributed by atoms with E-state index in [1.165, 1.54) is 19.4 Å². The minimum atomic E-state index is -0.134. The maximum atomic E-state index is 9.35. The summed E-state index contributed by atoms with van der Waals surface area (Å²) in [6.45, 7) is 4.14. The van der Waals surface area contributed by atoms with Gasteiger partial charge >= 0.3 is 0 Å². The van der Waals surface area contributed by atoms with Crippen LogP contribution in [0.3, 0.4) is 0 Å². The molecule has 1 heterocycles. The zero-order valence-corrected chi connectivity index (χ0v) is 8.10. The number of rotatable bonds is 2. The highest BCUT2D eigenvalue weighted by Gasteiger charge is 2.22. The van der Waals surface area contributed by atoms with Gasteiger partial charge in [-0.3, -0.25) is 4.31 Å². The second kappa shape index (κ2) is 4.33. The molecule has 2 atom stereocenters. The molecule has 1 saturated heterocycles. The van der Waals surface area contributed by atoms with Gasteiger partial charge in [-0.15, -0.1) is 0 Å². The number of nitrogens with zero attached hydrogens (tertiary/aromatic N) is 1. The lowest BCUT2D eigenvalue weighted by Gasteiger charge is -2.32. The molecule has 0 bridgehead atoms. The van der Waals surface area contributed by atoms with Gasteiger partial charge in [0.05, 0.1) is 6.10 Å². The fraction of sp³-hybridized carbons (Fsp3) is 1.00. The normalized spacial score (nSPS) is 30.3. The van der Waals surface area contributed by atoms with Crippen molar-refractivity contribution in [2.75, 3.05) is 19.3 Å². The van der Waals surface area contributed by atoms with Crippen molar-refractivity contribution in [2.24, 2.45) is 5.92 Å². The molecule has 1 aliphatic rings. The summed E-state index contributed by atoms with van der Waals surface area (Å²) >= 11 is 1.79. The van der Waals surface area contributed by atoms with Gasteiger partial charge in [0.1, 0.15) is 0 Å². The molecule has 66 valence electrons. The third kappa shape index (κ3) is 2.65. The highest BCUT2D eigenvalue weighted by Crippen LogP contribution is 2.23. The summed E-state index contributed by atoms with van der Waals surface area (Å²) in [5, 5.41) is 9.35. The predicted molar refractivity (Wildman–Crippen MR) is 49.5 cm³/mol. The zero-order chi connectivity index (χ0) is 8.27. The van der Waals surface area contributed by atoms with E-state index in [1.54, 1.807) is 11.9 Å². The SMILES string of the molecule is CSN1CCC[C@@H]([C@H](C)O)C1. The summed E-state index contributed by atoms with van der Waals surface area (Å²) in [6.07, 6.45) is 4.39. The van der Waals surface area contributed by atoms with Crippen molar-refractivity contribution in [1.29, 1.82) is 0 Å². The van der Waals surface area contributed by atoms with E-state index in [1.807, 2.05) is 6.92 Å². The fourth-order valence-corrected chi connectivity index (χ4v) is 2.19. The second-order valence-corrected chi connectivity index (χ2v) is 4.10. The summed E-state index contributed by atoms with van der Waals surface area (Å²) in [6, 6.07) is 0. The fourth-order valence-electron chi connectivity index (χ4n) is 1.53. The Morgan fingerprint density at radius 3 is 2.91 bits per heavy atom. The first-order valence-electron chi connectivity index (χ1n) is 4.21. The topological polar surface area (TPSA) is 23.5 Å². The van der Waals surface area contributed by atoms with Gasteiger partial charge in [-0.2, -0.15) is 0 Å². The quantitative estimate of drug-likeness (QED) is 0.641. The van der Waals surface area contributed by atoms with Crippen LogP contribution in [0.5, 0.6) is 0 Å². The number of piperidine rings is 1. The molecule has 0 radical (unpaired) electrons. The van der Waals surface area contributed by atoms with E-state index in [0.717, 1.165) is 6.54 Å². The van der Waals surface area contributed by atoms with Crippen molar-refractivity contribution < 1.29 is 5.11 Å². The predicted octanol–water partition coefficient (Wildman–Crippen LogP) is 1.36. The van der Waals surface area contributed by atoms with Crippen molar-refractivity contribution in [2.45, 2.75) is 25.9 Å². The van der Waals surface area contributed by atoms with Gasteiger partial charge in [0, 0.05) is 13.1 Å². The number of aliphatic hydroxyl groups excluding tert-OH is 1. The molecule has 0 aromatic rings. The van der Waals surface area contributed by atoms with Crippen LogP contribution in [0.2, 0.25) is 0 Å². The molecular weight excluding hydrogens is 158 g/mol. The Labute approximate surface area is 73.1 Å². The van der Waals surface area contributed by atoms with Crippen LogP contribution in [0.4, 0.5) is 0 Å². The Morgan fingerprint density at radius 1 is 1.64 bits per heavy atom. The van der Waals surface area contributed by atoms with E-state index in [2.05, 4.69) is 10.6 Å². The third-order valence-corrected chi connectivity index (χ3v) is 3.21. The van der Waals surface area contributed by atoms with Crippen LogP contribution in [-0.4, -0.2) is 34.9 Å². The molecule has 0 unspecified atom stereocenters. The monoisotopic (exact) mass is 175 g/mol. The molecule has 0 aliphatic carbocycles. The molecule has 11 heavy (non-hydrogen) atoms. The maximum Gasteiger partial charge on any atom is 0.0552 e. The summed E-state index contributed by atoms with van der Waals surface area (Å²) in [4.78, 5) is 0. The van der Waals surface area contributed by atoms with Crippen molar-refractivity contribution >= 4 is 11.9 Å². The van der Waals surface area contributed by atoms with Gasteiger partial charge in [0.15, 0.2) is 0 Å². The molecule has 1 rings (SSSR count). The van der Waals surface area contributed by atoms with Crippen LogP contribution >= 0.6 is 11.9 Å². The molecule has 0 spiro atoms. The highest BCUT2D eigenvalue weighted by molar-refractivity contribution is 7.96. The number of hydrogen-bond donors (Lipinski definition) is 1. The molecule has 2 nitrogen and oxygen atoms in total. The molecule has 1 aliphatic heterocycles. The molecule has 0 amide bonds. The summed E-state index contributed by atoms with van der Waals surface area (Å²) < 4.78 is 2.33. The van der Waals surface area contributed by atoms with E-state index in [9.17, 15) is 5.11 Å². The average Bonchev–Trinajstić information content (AvgIpc) is 2.05. The van der Waals surface area contributed by atoms with E-state index < -0.39 is 0 Å². The average molecular weight is 175 g/mol. The first kappa shape index (κ1) is 9.36. The second-order valence-electron chi connectivity index (χ2n) is 3.21. The van der Waals surface area contributed by atoms with Gasteiger partial charge in [0.2, 0.25) is 0 Å². The molecule has 3 heteroatoms. The Balaban J connectivity index is 2.33. The molecule has 1 fully saturated rings. The van der Waals surface area contributed by atoms with Gasteiger partial charge < -0.3 is 5.11 Å². The van der Waals surface area contributed by atoms with Crippen LogP contribution in [0.1, 0.15) is 19.8 Å². The van der Waals surface area contributed by atoms with Crippen LogP contribution in [0, 0.1) is 5.92 Å². The standard InChI is InChI=1S/C8H17NOS/c1-7(10)8-4-3-5-9(6-8)11-2/h7-8,10H,3-6H2,1-2H3/t7-,8+/m0/s1. The lowest BCUT2D eigenvalue weighted by atomic mass is 9.95. The zero-order valence-electron chi connectivity index (χ0n) is 7.29. The third-order valence-electron chi connectivity index (χ3n) is 2.36. The Morgan fingerprint density at radius 2 is 2.36 bits per heavy atom. The van der Waals surface area contributed by atoms with Crippen molar-refractivity contribution in [3.05, 3.63) is 0 Å². The first-order valence-corrected chi connectivity index (χ1v) is 5.39. The van der Waals surface area contributed by atoms with Crippen LogP contribution in [0.25, 0.3) is 0 Å². The lowest BCUT2D eigenvalue weighted by molar-refractivity contribution is 0.0912. The lowest BCUT2D eigenvalue weighted by Crippen LogP contribution is -2.35. The van der Waals surface area contributed by atoms with Gasteiger partial charge in [-0.25, -0.2) is 0 Å². The van der Waals surface area contributed by atoms with Gasteiger partial charge in [-0.1, -0.05) is 11.9 Å². The van der Waals surface area contributed by atoms with E-state index in [-0.39, 0.29) is 6.10 Å². The first-order chi connectivity index (χ1) is 5.24. The number of aliphatic hydroxyl groups is 1. The smallest absolute Gasteiger partial charge is 0.0552 e. The Bertz CT molecular complexity index is 119. The summed E-state index contributed by atoms with van der Waals surface area (Å²) in [5.41, 5.74) is 0. The minimum Gasteiger partial charge on any atom is -0.393 e. The van der Waals surface area contributed by atoms with Crippen LogP contribution in [-0.2, 0) is 0 Å². The van der Waals surface area contributed by atoms with Crippen LogP contribution in [0.15, 0.2) is 0 Å². The minimum absolute atomic E-state index is 0.134. The molecule has 0 saturated carbocycles. The molecule has 1 N–H and O–H groups in total. The van der Waals surface area contributed by atoms with Crippen molar-refractivity contribution in [3.8, 4) is 0 Å². The molecule has 0 aromatic carbocycles. The largest absolute Gasteiger partial charge is 0.393 e. The maximum absolute atomic E-state index is 9.35. The number of hydrogen-bond acceptors (Lipinski definition) is 3. The Kier molecular flexibility index (Phi) is 3.69. The van der Waals surface area contributed by atoms with E-state index in [4.69, 9.17) is 0 Å². The van der Waals surface area contributed by atoms with E-state index in [0.29, 0.717) is 5.92 Å². The van der Waals surface area contributed by atoms with E-state index >= 15 is 0 Å². The summed E-state index contributed by atoms with van der Waals surface area (Å²) in [5.74, 6) is 0.496.